The van der Waals surface area contributed by atoms with Gasteiger partial charge in [-0.15, -0.1) is 6.42 Å². The van der Waals surface area contributed by atoms with Gasteiger partial charge in [0.1, 0.15) is 12.6 Å². The molecule has 2 amide bonds. The van der Waals surface area contributed by atoms with Gasteiger partial charge in [-0.3, -0.25) is 14.5 Å². The number of terminal acetylenes is 1. The standard InChI is InChI=1S/C18H16ClNO6S/c1-5-6-26-15-12(19)7-11(8-13(15)24-3)9-14-16(21)20(18(23)27-14)10(2)17(22)25-4/h1,7-10H,6H2,2-4H3/b14-9+/t10-/m0/s1. The van der Waals surface area contributed by atoms with E-state index in [4.69, 9.17) is 27.5 Å². The van der Waals surface area contributed by atoms with Gasteiger partial charge in [0.25, 0.3) is 11.1 Å². The molecule has 1 saturated heterocycles. The molecule has 0 spiro atoms. The molecule has 0 bridgehead atoms. The van der Waals surface area contributed by atoms with Crippen LogP contribution in [0.25, 0.3) is 6.08 Å². The van der Waals surface area contributed by atoms with Gasteiger partial charge in [0.2, 0.25) is 0 Å². The number of benzene rings is 1. The molecule has 1 aliphatic rings. The van der Waals surface area contributed by atoms with Crippen molar-refractivity contribution >= 4 is 46.6 Å². The van der Waals surface area contributed by atoms with Crippen molar-refractivity contribution in [2.45, 2.75) is 13.0 Å². The van der Waals surface area contributed by atoms with Gasteiger partial charge in [-0.25, -0.2) is 4.79 Å². The average molecular weight is 410 g/mol. The Morgan fingerprint density at radius 2 is 2.11 bits per heavy atom. The maximum absolute atomic E-state index is 12.5. The van der Waals surface area contributed by atoms with Crippen LogP contribution in [0.1, 0.15) is 12.5 Å². The van der Waals surface area contributed by atoms with Gasteiger partial charge in [-0.05, 0) is 42.5 Å². The predicted octanol–water partition coefficient (Wildman–Crippen LogP) is 2.96. The summed E-state index contributed by atoms with van der Waals surface area (Å²) in [6.45, 7) is 1.43. The molecule has 1 aliphatic heterocycles. The van der Waals surface area contributed by atoms with Crippen LogP contribution in [0.15, 0.2) is 17.0 Å². The van der Waals surface area contributed by atoms with Crippen LogP contribution in [0.5, 0.6) is 11.5 Å². The minimum absolute atomic E-state index is 0.0136. The number of halogens is 1. The third-order valence-electron chi connectivity index (χ3n) is 3.60. The van der Waals surface area contributed by atoms with Crippen molar-refractivity contribution in [2.75, 3.05) is 20.8 Å². The molecular formula is C18H16ClNO6S. The molecule has 0 aromatic heterocycles. The number of thioether (sulfide) groups is 1. The molecule has 0 N–H and O–H groups in total. The van der Waals surface area contributed by atoms with Crippen molar-refractivity contribution in [3.8, 4) is 23.8 Å². The lowest BCUT2D eigenvalue weighted by Gasteiger charge is -2.18. The Morgan fingerprint density at radius 3 is 2.70 bits per heavy atom. The first kappa shape index (κ1) is 20.7. The van der Waals surface area contributed by atoms with E-state index in [2.05, 4.69) is 10.7 Å². The van der Waals surface area contributed by atoms with E-state index in [0.29, 0.717) is 11.3 Å². The van der Waals surface area contributed by atoms with Crippen LogP contribution >= 0.6 is 23.4 Å². The smallest absolute Gasteiger partial charge is 0.328 e. The summed E-state index contributed by atoms with van der Waals surface area (Å²) in [4.78, 5) is 37.3. The van der Waals surface area contributed by atoms with Gasteiger partial charge in [-0.1, -0.05) is 17.5 Å². The molecule has 2 rings (SSSR count). The van der Waals surface area contributed by atoms with E-state index in [1.54, 1.807) is 12.1 Å². The molecule has 0 saturated carbocycles. The van der Waals surface area contributed by atoms with Crippen molar-refractivity contribution < 1.29 is 28.6 Å². The number of ether oxygens (including phenoxy) is 3. The molecule has 9 heteroatoms. The molecule has 0 aliphatic carbocycles. The monoisotopic (exact) mass is 409 g/mol. The maximum atomic E-state index is 12.5. The fourth-order valence-electron chi connectivity index (χ4n) is 2.32. The highest BCUT2D eigenvalue weighted by Crippen LogP contribution is 2.39. The first-order valence-corrected chi connectivity index (χ1v) is 8.82. The van der Waals surface area contributed by atoms with Gasteiger partial charge in [0, 0.05) is 0 Å². The Bertz CT molecular complexity index is 860. The van der Waals surface area contributed by atoms with E-state index in [1.165, 1.54) is 27.2 Å². The molecule has 1 heterocycles. The third kappa shape index (κ3) is 4.38. The van der Waals surface area contributed by atoms with Gasteiger partial charge < -0.3 is 14.2 Å². The topological polar surface area (TPSA) is 82.1 Å². The second-order valence-electron chi connectivity index (χ2n) is 5.28. The predicted molar refractivity (Wildman–Crippen MR) is 102 cm³/mol. The van der Waals surface area contributed by atoms with Crippen molar-refractivity contribution in [1.29, 1.82) is 0 Å². The number of hydrogen-bond acceptors (Lipinski definition) is 7. The highest BCUT2D eigenvalue weighted by atomic mass is 35.5. The first-order valence-electron chi connectivity index (χ1n) is 7.62. The van der Waals surface area contributed by atoms with Gasteiger partial charge >= 0.3 is 5.97 Å². The lowest BCUT2D eigenvalue weighted by atomic mass is 10.1. The Morgan fingerprint density at radius 1 is 1.41 bits per heavy atom. The minimum Gasteiger partial charge on any atom is -0.493 e. The summed E-state index contributed by atoms with van der Waals surface area (Å²) >= 11 is 6.93. The van der Waals surface area contributed by atoms with Crippen LogP contribution in [-0.2, 0) is 14.3 Å². The van der Waals surface area contributed by atoms with Gasteiger partial charge in [0.15, 0.2) is 11.5 Å². The van der Waals surface area contributed by atoms with Crippen LogP contribution in [0.2, 0.25) is 5.02 Å². The van der Waals surface area contributed by atoms with E-state index in [1.807, 2.05) is 0 Å². The summed E-state index contributed by atoms with van der Waals surface area (Å²) in [5.41, 5.74) is 0.515. The highest BCUT2D eigenvalue weighted by molar-refractivity contribution is 8.18. The van der Waals surface area contributed by atoms with Crippen LogP contribution in [-0.4, -0.2) is 48.9 Å². The Labute approximate surface area is 165 Å². The molecule has 7 nitrogen and oxygen atoms in total. The molecule has 27 heavy (non-hydrogen) atoms. The van der Waals surface area contributed by atoms with Crippen LogP contribution < -0.4 is 9.47 Å². The average Bonchev–Trinajstić information content (AvgIpc) is 2.92. The number of carbonyl (C=O) groups is 3. The Kier molecular flexibility index (Phi) is 6.77. The highest BCUT2D eigenvalue weighted by Gasteiger charge is 2.41. The van der Waals surface area contributed by atoms with Crippen molar-refractivity contribution in [1.82, 2.24) is 4.90 Å². The van der Waals surface area contributed by atoms with Crippen molar-refractivity contribution in [2.24, 2.45) is 0 Å². The normalized spacial score (nSPS) is 16.3. The fourth-order valence-corrected chi connectivity index (χ4v) is 3.50. The number of rotatable bonds is 6. The van der Waals surface area contributed by atoms with E-state index in [9.17, 15) is 14.4 Å². The Balaban J connectivity index is 2.35. The van der Waals surface area contributed by atoms with Crippen molar-refractivity contribution in [3.63, 3.8) is 0 Å². The van der Waals surface area contributed by atoms with Crippen LogP contribution in [0, 0.1) is 12.3 Å². The van der Waals surface area contributed by atoms with Crippen molar-refractivity contribution in [3.05, 3.63) is 27.6 Å². The minimum atomic E-state index is -1.02. The molecular weight excluding hydrogens is 394 g/mol. The molecule has 1 aromatic rings. The van der Waals surface area contributed by atoms with E-state index >= 15 is 0 Å². The van der Waals surface area contributed by atoms with E-state index in [-0.39, 0.29) is 22.3 Å². The van der Waals surface area contributed by atoms with Gasteiger partial charge in [0.05, 0.1) is 24.1 Å². The third-order valence-corrected chi connectivity index (χ3v) is 4.77. The number of hydrogen-bond donors (Lipinski definition) is 0. The quantitative estimate of drug-likeness (QED) is 0.406. The molecule has 0 radical (unpaired) electrons. The lowest BCUT2D eigenvalue weighted by Crippen LogP contribution is -2.42. The number of imide groups is 1. The number of carbonyl (C=O) groups excluding carboxylic acids is 3. The summed E-state index contributed by atoms with van der Waals surface area (Å²) in [5.74, 6) is 1.66. The summed E-state index contributed by atoms with van der Waals surface area (Å²) in [5, 5.41) is -0.325. The number of nitrogens with zero attached hydrogens (tertiary/aromatic N) is 1. The zero-order chi connectivity index (χ0) is 20.1. The van der Waals surface area contributed by atoms with E-state index < -0.39 is 23.2 Å². The molecule has 0 unspecified atom stereocenters. The van der Waals surface area contributed by atoms with Gasteiger partial charge in [-0.2, -0.15) is 0 Å². The number of methoxy groups -OCH3 is 2. The largest absolute Gasteiger partial charge is 0.493 e. The maximum Gasteiger partial charge on any atom is 0.328 e. The summed E-state index contributed by atoms with van der Waals surface area (Å²) in [7, 11) is 2.62. The SMILES string of the molecule is C#CCOc1c(Cl)cc(/C=C2/SC(=O)N([C@@H](C)C(=O)OC)C2=O)cc1OC. The summed E-state index contributed by atoms with van der Waals surface area (Å²) in [6, 6.07) is 2.12. The Hall–Kier alpha value is -2.63. The zero-order valence-electron chi connectivity index (χ0n) is 14.8. The molecule has 1 atom stereocenters. The first-order chi connectivity index (χ1) is 12.8. The van der Waals surface area contributed by atoms with E-state index in [0.717, 1.165) is 16.7 Å². The number of esters is 1. The fraction of sp³-hybridized carbons (Fsp3) is 0.278. The van der Waals surface area contributed by atoms with Crippen LogP contribution in [0.3, 0.4) is 0 Å². The van der Waals surface area contributed by atoms with Crippen LogP contribution in [0.4, 0.5) is 4.79 Å². The summed E-state index contributed by atoms with van der Waals surface area (Å²) < 4.78 is 15.2. The second kappa shape index (κ2) is 8.84. The second-order valence-corrected chi connectivity index (χ2v) is 6.68. The zero-order valence-corrected chi connectivity index (χ0v) is 16.3. The molecule has 1 aromatic carbocycles. The number of amides is 2. The molecule has 142 valence electrons. The summed E-state index contributed by atoms with van der Waals surface area (Å²) in [6.07, 6.45) is 6.66. The molecule has 1 fully saturated rings. The lowest BCUT2D eigenvalue weighted by molar-refractivity contribution is -0.148.